The van der Waals surface area contributed by atoms with Gasteiger partial charge in [-0.2, -0.15) is 13.2 Å². The highest BCUT2D eigenvalue weighted by atomic mass is 32.2. The lowest BCUT2D eigenvalue weighted by molar-refractivity contribution is -0.137. The smallest absolute Gasteiger partial charge is 0.416 e. The van der Waals surface area contributed by atoms with Crippen LogP contribution in [0.3, 0.4) is 0 Å². The third-order valence-corrected chi connectivity index (χ3v) is 3.63. The molecule has 0 saturated heterocycles. The predicted octanol–water partition coefficient (Wildman–Crippen LogP) is 4.44. The molecule has 122 valence electrons. The average Bonchev–Trinajstić information content (AvgIpc) is 2.52. The lowest BCUT2D eigenvalue weighted by atomic mass is 10.2. The number of hydrogen-bond donors (Lipinski definition) is 1. The first-order valence-electron chi connectivity index (χ1n) is 6.62. The quantitative estimate of drug-likeness (QED) is 0.817. The maximum Gasteiger partial charge on any atom is 0.416 e. The van der Waals surface area contributed by atoms with Gasteiger partial charge in [0.25, 0.3) is 5.91 Å². The summed E-state index contributed by atoms with van der Waals surface area (Å²) in [4.78, 5) is 12.8. The van der Waals surface area contributed by atoms with Crippen LogP contribution in [0.15, 0.2) is 53.4 Å². The van der Waals surface area contributed by atoms with Crippen molar-refractivity contribution in [3.8, 4) is 5.75 Å². The number of ether oxygens (including phenoxy) is 1. The van der Waals surface area contributed by atoms with Crippen LogP contribution in [0.25, 0.3) is 0 Å². The van der Waals surface area contributed by atoms with Gasteiger partial charge in [-0.25, -0.2) is 0 Å². The summed E-state index contributed by atoms with van der Waals surface area (Å²) in [5.41, 5.74) is -0.124. The second-order valence-corrected chi connectivity index (χ2v) is 5.47. The van der Waals surface area contributed by atoms with E-state index in [2.05, 4.69) is 5.32 Å². The van der Waals surface area contributed by atoms with Gasteiger partial charge in [-0.05, 0) is 48.7 Å². The highest BCUT2D eigenvalue weighted by Gasteiger charge is 2.30. The largest absolute Gasteiger partial charge is 0.484 e. The minimum absolute atomic E-state index is 0.200. The number of thioether (sulfide) groups is 1. The third kappa shape index (κ3) is 5.21. The van der Waals surface area contributed by atoms with Crippen molar-refractivity contribution in [2.24, 2.45) is 0 Å². The second-order valence-electron chi connectivity index (χ2n) is 4.59. The molecule has 2 rings (SSSR count). The molecule has 1 N–H and O–H groups in total. The Balaban J connectivity index is 1.89. The van der Waals surface area contributed by atoms with Crippen LogP contribution >= 0.6 is 11.8 Å². The molecule has 23 heavy (non-hydrogen) atoms. The maximum atomic E-state index is 12.4. The summed E-state index contributed by atoms with van der Waals surface area (Å²) < 4.78 is 42.5. The first kappa shape index (κ1) is 17.2. The summed E-state index contributed by atoms with van der Waals surface area (Å²) in [6, 6.07) is 11.5. The molecular formula is C16H14F3NO2S. The zero-order valence-electron chi connectivity index (χ0n) is 12.2. The normalized spacial score (nSPS) is 11.1. The van der Waals surface area contributed by atoms with E-state index >= 15 is 0 Å². The summed E-state index contributed by atoms with van der Waals surface area (Å²) in [5, 5.41) is 2.67. The number of amides is 1. The number of halogens is 3. The molecular weight excluding hydrogens is 327 g/mol. The predicted molar refractivity (Wildman–Crippen MR) is 83.8 cm³/mol. The van der Waals surface area contributed by atoms with E-state index in [0.717, 1.165) is 17.0 Å². The van der Waals surface area contributed by atoms with E-state index in [-0.39, 0.29) is 18.3 Å². The topological polar surface area (TPSA) is 38.3 Å². The number of carbonyl (C=O) groups excluding carboxylic acids is 1. The molecule has 0 spiro atoms. The van der Waals surface area contributed by atoms with Crippen molar-refractivity contribution < 1.29 is 22.7 Å². The van der Waals surface area contributed by atoms with E-state index in [4.69, 9.17) is 4.74 Å². The summed E-state index contributed by atoms with van der Waals surface area (Å²) in [6.45, 7) is -0.283. The molecule has 1 amide bonds. The Bertz CT molecular complexity index is 672. The fourth-order valence-corrected chi connectivity index (χ4v) is 2.25. The summed E-state index contributed by atoms with van der Waals surface area (Å²) in [6.07, 6.45) is -2.47. The Kier molecular flexibility index (Phi) is 5.54. The zero-order valence-corrected chi connectivity index (χ0v) is 13.0. The van der Waals surface area contributed by atoms with Gasteiger partial charge in [0.05, 0.1) is 5.56 Å². The fourth-order valence-electron chi connectivity index (χ4n) is 1.79. The minimum Gasteiger partial charge on any atom is -0.484 e. The Labute approximate surface area is 135 Å². The van der Waals surface area contributed by atoms with Gasteiger partial charge in [0, 0.05) is 10.6 Å². The van der Waals surface area contributed by atoms with Crippen LogP contribution in [0.1, 0.15) is 5.56 Å². The Morgan fingerprint density at radius 2 is 1.87 bits per heavy atom. The van der Waals surface area contributed by atoms with Crippen LogP contribution in [-0.4, -0.2) is 18.8 Å². The number of carbonyl (C=O) groups is 1. The molecule has 0 aliphatic heterocycles. The summed E-state index contributed by atoms with van der Waals surface area (Å²) >= 11 is 1.55. The molecule has 0 unspecified atom stereocenters. The summed E-state index contributed by atoms with van der Waals surface area (Å²) in [7, 11) is 0. The summed E-state index contributed by atoms with van der Waals surface area (Å²) in [5.74, 6) is -0.186. The molecule has 7 heteroatoms. The molecule has 0 radical (unpaired) electrons. The van der Waals surface area contributed by atoms with Crippen molar-refractivity contribution in [1.82, 2.24) is 0 Å². The van der Waals surface area contributed by atoms with Crippen molar-refractivity contribution in [3.05, 3.63) is 54.1 Å². The molecule has 2 aromatic rings. The Morgan fingerprint density at radius 1 is 1.17 bits per heavy atom. The first-order chi connectivity index (χ1) is 10.9. The van der Waals surface area contributed by atoms with E-state index in [1.807, 2.05) is 24.5 Å². The monoisotopic (exact) mass is 341 g/mol. The second kappa shape index (κ2) is 7.41. The van der Waals surface area contributed by atoms with Crippen LogP contribution < -0.4 is 10.1 Å². The van der Waals surface area contributed by atoms with E-state index in [9.17, 15) is 18.0 Å². The molecule has 0 aliphatic rings. The van der Waals surface area contributed by atoms with Gasteiger partial charge in [0.1, 0.15) is 5.75 Å². The number of nitrogens with one attached hydrogen (secondary N) is 1. The van der Waals surface area contributed by atoms with Crippen molar-refractivity contribution in [2.75, 3.05) is 18.2 Å². The Hall–Kier alpha value is -2.15. The average molecular weight is 341 g/mol. The number of rotatable bonds is 5. The zero-order chi connectivity index (χ0) is 16.9. The number of anilines is 1. The van der Waals surface area contributed by atoms with Gasteiger partial charge in [0.15, 0.2) is 6.61 Å². The number of benzene rings is 2. The SMILES string of the molecule is CSc1cccc(NC(=O)COc2ccc(C(F)(F)F)cc2)c1. The van der Waals surface area contributed by atoms with Crippen LogP contribution in [0, 0.1) is 0 Å². The standard InChI is InChI=1S/C16H14F3NO2S/c1-23-14-4-2-3-12(9-14)20-15(21)10-22-13-7-5-11(6-8-13)16(17,18)19/h2-9H,10H2,1H3,(H,20,21). The van der Waals surface area contributed by atoms with Gasteiger partial charge in [0.2, 0.25) is 0 Å². The van der Waals surface area contributed by atoms with Gasteiger partial charge in [-0.1, -0.05) is 6.07 Å². The van der Waals surface area contributed by atoms with Crippen LogP contribution in [0.5, 0.6) is 5.75 Å². The van der Waals surface area contributed by atoms with Crippen molar-refractivity contribution >= 4 is 23.4 Å². The van der Waals surface area contributed by atoms with E-state index in [1.165, 1.54) is 12.1 Å². The number of hydrogen-bond acceptors (Lipinski definition) is 3. The van der Waals surface area contributed by atoms with Crippen molar-refractivity contribution in [2.45, 2.75) is 11.1 Å². The highest BCUT2D eigenvalue weighted by molar-refractivity contribution is 7.98. The minimum atomic E-state index is -4.39. The van der Waals surface area contributed by atoms with Crippen LogP contribution in [-0.2, 0) is 11.0 Å². The molecule has 0 saturated carbocycles. The molecule has 0 aliphatic carbocycles. The third-order valence-electron chi connectivity index (χ3n) is 2.91. The molecule has 0 bridgehead atoms. The van der Waals surface area contributed by atoms with E-state index < -0.39 is 11.7 Å². The van der Waals surface area contributed by atoms with Crippen molar-refractivity contribution in [3.63, 3.8) is 0 Å². The number of alkyl halides is 3. The maximum absolute atomic E-state index is 12.4. The van der Waals surface area contributed by atoms with Crippen molar-refractivity contribution in [1.29, 1.82) is 0 Å². The van der Waals surface area contributed by atoms with Crippen LogP contribution in [0.2, 0.25) is 0 Å². The van der Waals surface area contributed by atoms with E-state index in [0.29, 0.717) is 5.69 Å². The fraction of sp³-hybridized carbons (Fsp3) is 0.188. The molecule has 2 aromatic carbocycles. The molecule has 0 fully saturated rings. The molecule has 0 atom stereocenters. The van der Waals surface area contributed by atoms with E-state index in [1.54, 1.807) is 17.8 Å². The molecule has 0 heterocycles. The highest BCUT2D eigenvalue weighted by Crippen LogP contribution is 2.30. The van der Waals surface area contributed by atoms with Gasteiger partial charge in [-0.3, -0.25) is 4.79 Å². The van der Waals surface area contributed by atoms with Gasteiger partial charge >= 0.3 is 6.18 Å². The van der Waals surface area contributed by atoms with Gasteiger partial charge in [-0.15, -0.1) is 11.8 Å². The molecule has 0 aromatic heterocycles. The lowest BCUT2D eigenvalue weighted by Gasteiger charge is -2.10. The van der Waals surface area contributed by atoms with Gasteiger partial charge < -0.3 is 10.1 Å². The molecule has 3 nitrogen and oxygen atoms in total. The first-order valence-corrected chi connectivity index (χ1v) is 7.85. The van der Waals surface area contributed by atoms with Crippen LogP contribution in [0.4, 0.5) is 18.9 Å². The lowest BCUT2D eigenvalue weighted by Crippen LogP contribution is -2.20. The Morgan fingerprint density at radius 3 is 2.48 bits per heavy atom.